The fourth-order valence-corrected chi connectivity index (χ4v) is 2.77. The first-order valence-electron chi connectivity index (χ1n) is 6.95. The third-order valence-electron chi connectivity index (χ3n) is 3.33. The van der Waals surface area contributed by atoms with E-state index in [2.05, 4.69) is 22.4 Å². The molecule has 0 spiro atoms. The van der Waals surface area contributed by atoms with Gasteiger partial charge in [-0.25, -0.2) is 0 Å². The first-order valence-corrected chi connectivity index (χ1v) is 7.83. The maximum Gasteiger partial charge on any atom is 0.309 e. The van der Waals surface area contributed by atoms with Crippen molar-refractivity contribution in [1.82, 2.24) is 10.2 Å². The number of carbonyl (C=O) groups excluding carboxylic acids is 2. The van der Waals surface area contributed by atoms with Gasteiger partial charge in [0.15, 0.2) is 0 Å². The summed E-state index contributed by atoms with van der Waals surface area (Å²) in [5.41, 5.74) is 1.54. The summed E-state index contributed by atoms with van der Waals surface area (Å²) in [5, 5.41) is 10.5. The van der Waals surface area contributed by atoms with Crippen LogP contribution in [0.15, 0.2) is 5.51 Å². The predicted octanol–water partition coefficient (Wildman–Crippen LogP) is 2.38. The molecule has 1 aromatic rings. The van der Waals surface area contributed by atoms with Gasteiger partial charge >= 0.3 is 5.97 Å². The SMILES string of the molecule is CCCCC[C@H]1C[C@H](CC(=O)Nc2nncs2)C(=O)O1. The Bertz CT molecular complexity index is 450. The van der Waals surface area contributed by atoms with E-state index < -0.39 is 0 Å². The fraction of sp³-hybridized carbons (Fsp3) is 0.692. The molecule has 7 heteroatoms. The van der Waals surface area contributed by atoms with E-state index >= 15 is 0 Å². The van der Waals surface area contributed by atoms with Gasteiger partial charge in [0, 0.05) is 6.42 Å². The van der Waals surface area contributed by atoms with Crippen LogP contribution in [0.3, 0.4) is 0 Å². The number of cyclic esters (lactones) is 1. The van der Waals surface area contributed by atoms with Gasteiger partial charge in [0.2, 0.25) is 11.0 Å². The second-order valence-corrected chi connectivity index (χ2v) is 5.82. The minimum atomic E-state index is -0.324. The number of amides is 1. The average molecular weight is 297 g/mol. The maximum atomic E-state index is 11.8. The third kappa shape index (κ3) is 4.26. The van der Waals surface area contributed by atoms with Gasteiger partial charge < -0.3 is 10.1 Å². The minimum Gasteiger partial charge on any atom is -0.462 e. The van der Waals surface area contributed by atoms with E-state index in [1.807, 2.05) is 0 Å². The van der Waals surface area contributed by atoms with E-state index in [1.165, 1.54) is 11.3 Å². The molecular weight excluding hydrogens is 278 g/mol. The summed E-state index contributed by atoms with van der Waals surface area (Å²) >= 11 is 1.25. The van der Waals surface area contributed by atoms with Crippen LogP contribution in [0.4, 0.5) is 5.13 Å². The molecule has 1 aromatic heterocycles. The van der Waals surface area contributed by atoms with Crippen LogP contribution in [-0.2, 0) is 14.3 Å². The summed E-state index contributed by atoms with van der Waals surface area (Å²) in [7, 11) is 0. The van der Waals surface area contributed by atoms with Crippen molar-refractivity contribution in [2.24, 2.45) is 5.92 Å². The first-order chi connectivity index (χ1) is 9.69. The molecule has 0 aliphatic carbocycles. The van der Waals surface area contributed by atoms with Crippen LogP contribution in [-0.4, -0.2) is 28.2 Å². The smallest absolute Gasteiger partial charge is 0.309 e. The highest BCUT2D eigenvalue weighted by atomic mass is 32.1. The molecule has 6 nitrogen and oxygen atoms in total. The number of unbranched alkanes of at least 4 members (excludes halogenated alkanes) is 2. The van der Waals surface area contributed by atoms with Gasteiger partial charge in [0.05, 0.1) is 5.92 Å². The van der Waals surface area contributed by atoms with Gasteiger partial charge in [-0.1, -0.05) is 31.1 Å². The van der Waals surface area contributed by atoms with Crippen LogP contribution in [0.2, 0.25) is 0 Å². The molecule has 0 aromatic carbocycles. The highest BCUT2D eigenvalue weighted by molar-refractivity contribution is 7.13. The van der Waals surface area contributed by atoms with E-state index in [0.717, 1.165) is 25.7 Å². The van der Waals surface area contributed by atoms with Crippen molar-refractivity contribution in [2.75, 3.05) is 5.32 Å². The quantitative estimate of drug-likeness (QED) is 0.617. The monoisotopic (exact) mass is 297 g/mol. The van der Waals surface area contributed by atoms with Crippen molar-refractivity contribution >= 4 is 28.3 Å². The molecule has 110 valence electrons. The molecule has 20 heavy (non-hydrogen) atoms. The van der Waals surface area contributed by atoms with E-state index in [0.29, 0.717) is 11.6 Å². The average Bonchev–Trinajstić information content (AvgIpc) is 3.01. The molecule has 2 heterocycles. The zero-order valence-corrected chi connectivity index (χ0v) is 12.3. The van der Waals surface area contributed by atoms with Crippen LogP contribution in [0.5, 0.6) is 0 Å². The van der Waals surface area contributed by atoms with E-state index in [9.17, 15) is 9.59 Å². The van der Waals surface area contributed by atoms with Gasteiger partial charge in [0.25, 0.3) is 0 Å². The summed E-state index contributed by atoms with van der Waals surface area (Å²) in [6.45, 7) is 2.14. The highest BCUT2D eigenvalue weighted by Gasteiger charge is 2.35. The van der Waals surface area contributed by atoms with Crippen molar-refractivity contribution < 1.29 is 14.3 Å². The molecule has 0 unspecified atom stereocenters. The van der Waals surface area contributed by atoms with Crippen molar-refractivity contribution in [3.63, 3.8) is 0 Å². The van der Waals surface area contributed by atoms with Gasteiger partial charge in [-0.15, -0.1) is 10.2 Å². The van der Waals surface area contributed by atoms with E-state index in [-0.39, 0.29) is 30.3 Å². The van der Waals surface area contributed by atoms with Crippen LogP contribution >= 0.6 is 11.3 Å². The minimum absolute atomic E-state index is 0.0200. The van der Waals surface area contributed by atoms with Gasteiger partial charge in [-0.3, -0.25) is 9.59 Å². The molecule has 1 amide bonds. The lowest BCUT2D eigenvalue weighted by Crippen LogP contribution is -2.19. The number of esters is 1. The molecule has 1 N–H and O–H groups in total. The van der Waals surface area contributed by atoms with Gasteiger partial charge in [-0.05, 0) is 19.3 Å². The second kappa shape index (κ2) is 7.33. The Morgan fingerprint density at radius 1 is 1.55 bits per heavy atom. The van der Waals surface area contributed by atoms with Crippen LogP contribution < -0.4 is 5.32 Å². The summed E-state index contributed by atoms with van der Waals surface area (Å²) in [6, 6.07) is 0. The molecule has 2 rings (SSSR count). The van der Waals surface area contributed by atoms with Crippen LogP contribution in [0, 0.1) is 5.92 Å². The molecule has 2 atom stereocenters. The number of aromatic nitrogens is 2. The number of hydrogen-bond donors (Lipinski definition) is 1. The number of carbonyl (C=O) groups is 2. The Morgan fingerprint density at radius 3 is 3.10 bits per heavy atom. The Hall–Kier alpha value is -1.50. The lowest BCUT2D eigenvalue weighted by Gasteiger charge is -2.07. The van der Waals surface area contributed by atoms with Crippen molar-refractivity contribution in [3.05, 3.63) is 5.51 Å². The number of rotatable bonds is 7. The number of nitrogens with one attached hydrogen (secondary N) is 1. The number of hydrogen-bond acceptors (Lipinski definition) is 6. The number of ether oxygens (including phenoxy) is 1. The van der Waals surface area contributed by atoms with Crippen molar-refractivity contribution in [2.45, 2.75) is 51.6 Å². The standard InChI is InChI=1S/C13H19N3O3S/c1-2-3-4-5-10-6-9(12(18)19-10)7-11(17)15-13-16-14-8-20-13/h8-10H,2-7H2,1H3,(H,15,16,17)/t9-,10+/m1/s1. The van der Waals surface area contributed by atoms with Crippen LogP contribution in [0.25, 0.3) is 0 Å². The summed E-state index contributed by atoms with van der Waals surface area (Å²) in [6.07, 6.45) is 5.04. The second-order valence-electron chi connectivity index (χ2n) is 4.98. The Morgan fingerprint density at radius 2 is 2.40 bits per heavy atom. The molecule has 1 aliphatic heterocycles. The molecule has 0 saturated carbocycles. The molecule has 0 radical (unpaired) electrons. The molecule has 0 bridgehead atoms. The Balaban J connectivity index is 1.75. The van der Waals surface area contributed by atoms with E-state index in [1.54, 1.807) is 5.51 Å². The largest absolute Gasteiger partial charge is 0.462 e. The summed E-state index contributed by atoms with van der Waals surface area (Å²) in [4.78, 5) is 23.5. The van der Waals surface area contributed by atoms with Gasteiger partial charge in [-0.2, -0.15) is 0 Å². The third-order valence-corrected chi connectivity index (χ3v) is 3.94. The number of nitrogens with zero attached hydrogens (tertiary/aromatic N) is 2. The molecule has 1 saturated heterocycles. The first kappa shape index (κ1) is 14.9. The van der Waals surface area contributed by atoms with Crippen molar-refractivity contribution in [3.8, 4) is 0 Å². The Kier molecular flexibility index (Phi) is 5.46. The molecule has 1 aliphatic rings. The fourth-order valence-electron chi connectivity index (χ4n) is 2.31. The maximum absolute atomic E-state index is 11.8. The molecule has 1 fully saturated rings. The van der Waals surface area contributed by atoms with Gasteiger partial charge in [0.1, 0.15) is 11.6 Å². The zero-order chi connectivity index (χ0) is 14.4. The van der Waals surface area contributed by atoms with Crippen LogP contribution in [0.1, 0.15) is 45.4 Å². The number of anilines is 1. The lowest BCUT2D eigenvalue weighted by atomic mass is 9.98. The van der Waals surface area contributed by atoms with Crippen molar-refractivity contribution in [1.29, 1.82) is 0 Å². The zero-order valence-electron chi connectivity index (χ0n) is 11.5. The molecular formula is C13H19N3O3S. The van der Waals surface area contributed by atoms with E-state index in [4.69, 9.17) is 4.74 Å². The highest BCUT2D eigenvalue weighted by Crippen LogP contribution is 2.27. The predicted molar refractivity (Wildman–Crippen MR) is 75.3 cm³/mol. The lowest BCUT2D eigenvalue weighted by molar-refractivity contribution is -0.145. The normalized spacial score (nSPS) is 21.8. The Labute approximate surface area is 121 Å². The topological polar surface area (TPSA) is 81.2 Å². The summed E-state index contributed by atoms with van der Waals surface area (Å²) < 4.78 is 5.31. The summed E-state index contributed by atoms with van der Waals surface area (Å²) in [5.74, 6) is -0.786.